The molecule has 0 saturated heterocycles. The van der Waals surface area contributed by atoms with Crippen LogP contribution in [-0.4, -0.2) is 9.13 Å². The molecule has 11 rings (SSSR count). The zero-order valence-corrected chi connectivity index (χ0v) is 29.7. The first kappa shape index (κ1) is 30.0. The topological polar surface area (TPSA) is 9.86 Å². The van der Waals surface area contributed by atoms with Crippen LogP contribution in [0.5, 0.6) is 0 Å². The van der Waals surface area contributed by atoms with Crippen LogP contribution in [0.2, 0.25) is 0 Å². The molecule has 2 aromatic heterocycles. The summed E-state index contributed by atoms with van der Waals surface area (Å²) in [6.45, 7) is 4.74. The molecule has 1 aliphatic rings. The first-order valence-electron chi connectivity index (χ1n) is 18.5. The van der Waals surface area contributed by atoms with E-state index in [1.807, 2.05) is 0 Å². The Hall–Kier alpha value is -6.64. The Balaban J connectivity index is 1.15. The van der Waals surface area contributed by atoms with Gasteiger partial charge in [-0.25, -0.2) is 0 Å². The predicted molar refractivity (Wildman–Crippen MR) is 224 cm³/mol. The highest BCUT2D eigenvalue weighted by Gasteiger charge is 2.36. The van der Waals surface area contributed by atoms with E-state index in [-0.39, 0.29) is 5.41 Å². The second kappa shape index (κ2) is 11.2. The summed E-state index contributed by atoms with van der Waals surface area (Å²) in [5, 5.41) is 5.08. The standard InChI is InChI=1S/C51H36N2/c1-51(2)45-22-12-9-19-38(45)42-31-44-40-21-11-14-24-48(40)53(50(44)32-46(42)51)36-26-27-37(41(30-36)33-15-5-3-6-16-33)34-25-28-49-43(29-34)39-20-10-13-23-47(39)52(49)35-17-7-4-8-18-35/h3-32H,1-2H3. The first-order valence-corrected chi connectivity index (χ1v) is 18.5. The third-order valence-electron chi connectivity index (χ3n) is 11.7. The Kier molecular flexibility index (Phi) is 6.33. The van der Waals surface area contributed by atoms with Crippen LogP contribution in [0.25, 0.3) is 88.4 Å². The predicted octanol–water partition coefficient (Wildman–Crippen LogP) is 13.5. The van der Waals surface area contributed by atoms with Crippen molar-refractivity contribution in [2.75, 3.05) is 0 Å². The van der Waals surface area contributed by atoms with Crippen LogP contribution in [-0.2, 0) is 5.41 Å². The first-order chi connectivity index (χ1) is 26.1. The largest absolute Gasteiger partial charge is 0.309 e. The highest BCUT2D eigenvalue weighted by Crippen LogP contribution is 2.51. The molecule has 53 heavy (non-hydrogen) atoms. The minimum absolute atomic E-state index is 0.0806. The van der Waals surface area contributed by atoms with Gasteiger partial charge in [0.25, 0.3) is 0 Å². The third kappa shape index (κ3) is 4.33. The van der Waals surface area contributed by atoms with Gasteiger partial charge in [-0.05, 0) is 105 Å². The lowest BCUT2D eigenvalue weighted by Gasteiger charge is -2.22. The Morgan fingerprint density at radius 3 is 1.68 bits per heavy atom. The van der Waals surface area contributed by atoms with E-state index in [1.165, 1.54) is 93.8 Å². The number of para-hydroxylation sites is 3. The van der Waals surface area contributed by atoms with Crippen molar-refractivity contribution in [1.29, 1.82) is 0 Å². The summed E-state index contributed by atoms with van der Waals surface area (Å²) in [4.78, 5) is 0. The molecule has 0 saturated carbocycles. The number of hydrogen-bond donors (Lipinski definition) is 0. The summed E-state index contributed by atoms with van der Waals surface area (Å²) in [5.74, 6) is 0. The molecule has 10 aromatic rings. The number of hydrogen-bond acceptors (Lipinski definition) is 0. The molecule has 2 heterocycles. The quantitative estimate of drug-likeness (QED) is 0.176. The number of nitrogens with zero attached hydrogens (tertiary/aromatic N) is 2. The Morgan fingerprint density at radius 2 is 0.925 bits per heavy atom. The van der Waals surface area contributed by atoms with Gasteiger partial charge in [0.15, 0.2) is 0 Å². The molecule has 0 amide bonds. The van der Waals surface area contributed by atoms with E-state index in [0.717, 1.165) is 5.69 Å². The van der Waals surface area contributed by atoms with E-state index < -0.39 is 0 Å². The Labute approximate surface area is 308 Å². The molecule has 1 aliphatic carbocycles. The summed E-state index contributed by atoms with van der Waals surface area (Å²) in [6, 6.07) is 67.1. The van der Waals surface area contributed by atoms with Crippen LogP contribution in [0.1, 0.15) is 25.0 Å². The maximum Gasteiger partial charge on any atom is 0.0544 e. The summed E-state index contributed by atoms with van der Waals surface area (Å²) in [7, 11) is 0. The van der Waals surface area contributed by atoms with E-state index in [4.69, 9.17) is 0 Å². The zero-order chi connectivity index (χ0) is 35.3. The SMILES string of the molecule is CC1(C)c2ccccc2-c2cc3c4ccccc4n(-c4ccc(-c5ccc6c(c5)c5ccccc5n6-c5ccccc5)c(-c5ccccc5)c4)c3cc21. The normalized spacial score (nSPS) is 13.2. The van der Waals surface area contributed by atoms with Crippen molar-refractivity contribution in [2.24, 2.45) is 0 Å². The molecule has 0 radical (unpaired) electrons. The van der Waals surface area contributed by atoms with Crippen molar-refractivity contribution in [3.63, 3.8) is 0 Å². The average Bonchev–Trinajstić information content (AvgIpc) is 3.80. The van der Waals surface area contributed by atoms with E-state index in [2.05, 4.69) is 205 Å². The van der Waals surface area contributed by atoms with E-state index >= 15 is 0 Å². The Morgan fingerprint density at radius 1 is 0.321 bits per heavy atom. The minimum Gasteiger partial charge on any atom is -0.309 e. The van der Waals surface area contributed by atoms with Crippen LogP contribution in [0.15, 0.2) is 182 Å². The lowest BCUT2D eigenvalue weighted by Crippen LogP contribution is -2.14. The van der Waals surface area contributed by atoms with Gasteiger partial charge in [-0.2, -0.15) is 0 Å². The van der Waals surface area contributed by atoms with E-state index in [9.17, 15) is 0 Å². The van der Waals surface area contributed by atoms with Gasteiger partial charge in [-0.1, -0.05) is 135 Å². The maximum atomic E-state index is 2.48. The summed E-state index contributed by atoms with van der Waals surface area (Å²) in [6.07, 6.45) is 0. The van der Waals surface area contributed by atoms with Crippen molar-refractivity contribution in [3.8, 4) is 44.8 Å². The monoisotopic (exact) mass is 676 g/mol. The lowest BCUT2D eigenvalue weighted by molar-refractivity contribution is 0.661. The molecular weight excluding hydrogens is 641 g/mol. The molecule has 8 aromatic carbocycles. The number of aromatic nitrogens is 2. The summed E-state index contributed by atoms with van der Waals surface area (Å²) >= 11 is 0. The van der Waals surface area contributed by atoms with E-state index in [0.29, 0.717) is 0 Å². The molecule has 2 nitrogen and oxygen atoms in total. The van der Waals surface area contributed by atoms with Gasteiger partial charge in [0.2, 0.25) is 0 Å². The fraction of sp³-hybridized carbons (Fsp3) is 0.0588. The second-order valence-corrected chi connectivity index (χ2v) is 15.0. The smallest absolute Gasteiger partial charge is 0.0544 e. The molecule has 0 bridgehead atoms. The third-order valence-corrected chi connectivity index (χ3v) is 11.7. The molecule has 250 valence electrons. The minimum atomic E-state index is -0.0806. The van der Waals surface area contributed by atoms with Crippen molar-refractivity contribution in [2.45, 2.75) is 19.3 Å². The Bertz CT molecular complexity index is 3070. The van der Waals surface area contributed by atoms with E-state index in [1.54, 1.807) is 0 Å². The molecule has 0 N–H and O–H groups in total. The number of benzene rings is 8. The van der Waals surface area contributed by atoms with Crippen molar-refractivity contribution in [3.05, 3.63) is 193 Å². The maximum absolute atomic E-state index is 2.48. The highest BCUT2D eigenvalue weighted by molar-refractivity contribution is 6.13. The van der Waals surface area contributed by atoms with Gasteiger partial charge in [0.05, 0.1) is 22.1 Å². The van der Waals surface area contributed by atoms with Gasteiger partial charge in [-0.3, -0.25) is 0 Å². The summed E-state index contributed by atoms with van der Waals surface area (Å²) < 4.78 is 4.87. The van der Waals surface area contributed by atoms with Crippen molar-refractivity contribution >= 4 is 43.6 Å². The van der Waals surface area contributed by atoms with Crippen LogP contribution in [0.3, 0.4) is 0 Å². The molecule has 0 spiro atoms. The van der Waals surface area contributed by atoms with Crippen LogP contribution in [0, 0.1) is 0 Å². The molecule has 0 fully saturated rings. The van der Waals surface area contributed by atoms with Gasteiger partial charge < -0.3 is 9.13 Å². The number of fused-ring (bicyclic) bond motifs is 9. The molecular formula is C51H36N2. The second-order valence-electron chi connectivity index (χ2n) is 15.0. The van der Waals surface area contributed by atoms with Gasteiger partial charge in [0.1, 0.15) is 0 Å². The van der Waals surface area contributed by atoms with Gasteiger partial charge in [0, 0.05) is 38.3 Å². The fourth-order valence-corrected chi connectivity index (χ4v) is 9.22. The number of rotatable bonds is 4. The van der Waals surface area contributed by atoms with Crippen LogP contribution >= 0.6 is 0 Å². The fourth-order valence-electron chi connectivity index (χ4n) is 9.22. The molecule has 2 heteroatoms. The molecule has 0 atom stereocenters. The molecule has 0 unspecified atom stereocenters. The average molecular weight is 677 g/mol. The molecule has 0 aliphatic heterocycles. The highest BCUT2D eigenvalue weighted by atomic mass is 15.0. The van der Waals surface area contributed by atoms with Crippen molar-refractivity contribution < 1.29 is 0 Å². The summed E-state index contributed by atoms with van der Waals surface area (Å²) in [5.41, 5.74) is 17.5. The van der Waals surface area contributed by atoms with Gasteiger partial charge >= 0.3 is 0 Å². The zero-order valence-electron chi connectivity index (χ0n) is 29.7. The van der Waals surface area contributed by atoms with Crippen molar-refractivity contribution in [1.82, 2.24) is 9.13 Å². The lowest BCUT2D eigenvalue weighted by atomic mass is 9.82. The van der Waals surface area contributed by atoms with Crippen LogP contribution < -0.4 is 0 Å². The van der Waals surface area contributed by atoms with Gasteiger partial charge in [-0.15, -0.1) is 0 Å². The van der Waals surface area contributed by atoms with Crippen LogP contribution in [0.4, 0.5) is 0 Å².